The Kier molecular flexibility index (Phi) is 6.54. The number of sulfonamides is 1. The van der Waals surface area contributed by atoms with Gasteiger partial charge in [-0.15, -0.1) is 0 Å². The summed E-state index contributed by atoms with van der Waals surface area (Å²) >= 11 is 4.87. The number of aryl methyl sites for hydroxylation is 1. The first-order valence-electron chi connectivity index (χ1n) is 6.27. The molecule has 0 atom stereocenters. The summed E-state index contributed by atoms with van der Waals surface area (Å²) in [5.74, 6) is 0. The van der Waals surface area contributed by atoms with E-state index in [1.807, 2.05) is 0 Å². The van der Waals surface area contributed by atoms with E-state index in [0.717, 1.165) is 12.8 Å². The molecule has 0 radical (unpaired) electrons. The van der Waals surface area contributed by atoms with Gasteiger partial charge in [0.2, 0.25) is 10.0 Å². The highest BCUT2D eigenvalue weighted by molar-refractivity contribution is 7.89. The summed E-state index contributed by atoms with van der Waals surface area (Å²) in [6, 6.07) is 4.83. The Balaban J connectivity index is 2.75. The smallest absolute Gasteiger partial charge is 0.240 e. The molecule has 1 aromatic carbocycles. The first-order valence-corrected chi connectivity index (χ1v) is 8.16. The van der Waals surface area contributed by atoms with Gasteiger partial charge in [-0.2, -0.15) is 0 Å². The number of hydrogen-bond acceptors (Lipinski definition) is 4. The minimum Gasteiger partial charge on any atom is -0.389 e. The van der Waals surface area contributed by atoms with Gasteiger partial charge < -0.3 is 10.5 Å². The monoisotopic (exact) mass is 316 g/mol. The maximum Gasteiger partial charge on any atom is 0.240 e. The highest BCUT2D eigenvalue weighted by Gasteiger charge is 2.16. The van der Waals surface area contributed by atoms with Crippen molar-refractivity contribution in [1.29, 1.82) is 0 Å². The molecule has 0 aromatic heterocycles. The van der Waals surface area contributed by atoms with E-state index in [2.05, 4.69) is 4.72 Å². The summed E-state index contributed by atoms with van der Waals surface area (Å²) < 4.78 is 31.8. The van der Waals surface area contributed by atoms with E-state index in [1.165, 1.54) is 6.07 Å². The molecular formula is C13H20N2O3S2. The van der Waals surface area contributed by atoms with Gasteiger partial charge in [0.25, 0.3) is 0 Å². The Morgan fingerprint density at radius 1 is 1.40 bits per heavy atom. The van der Waals surface area contributed by atoms with Crippen LogP contribution in [0.1, 0.15) is 24.0 Å². The van der Waals surface area contributed by atoms with Crippen LogP contribution in [0.4, 0.5) is 0 Å². The van der Waals surface area contributed by atoms with Gasteiger partial charge in [0.15, 0.2) is 0 Å². The van der Waals surface area contributed by atoms with E-state index in [4.69, 9.17) is 22.7 Å². The molecule has 0 amide bonds. The van der Waals surface area contributed by atoms with Crippen LogP contribution in [0, 0.1) is 6.92 Å². The van der Waals surface area contributed by atoms with Crippen LogP contribution >= 0.6 is 12.2 Å². The molecule has 7 heteroatoms. The van der Waals surface area contributed by atoms with Crippen LogP contribution in [0.5, 0.6) is 0 Å². The van der Waals surface area contributed by atoms with Gasteiger partial charge in [0.05, 0.1) is 4.90 Å². The summed E-state index contributed by atoms with van der Waals surface area (Å²) in [7, 11) is -1.87. The predicted molar refractivity (Wildman–Crippen MR) is 83.4 cm³/mol. The summed E-state index contributed by atoms with van der Waals surface area (Å²) in [5.41, 5.74) is 6.81. The van der Waals surface area contributed by atoms with Crippen molar-refractivity contribution in [2.75, 3.05) is 20.3 Å². The molecule has 0 saturated carbocycles. The molecule has 0 bridgehead atoms. The minimum atomic E-state index is -3.50. The molecule has 0 fully saturated rings. The van der Waals surface area contributed by atoms with Crippen molar-refractivity contribution in [3.63, 3.8) is 0 Å². The van der Waals surface area contributed by atoms with Gasteiger partial charge >= 0.3 is 0 Å². The molecule has 0 aliphatic heterocycles. The zero-order valence-electron chi connectivity index (χ0n) is 11.7. The van der Waals surface area contributed by atoms with Gasteiger partial charge in [-0.3, -0.25) is 0 Å². The molecule has 0 saturated heterocycles. The molecular weight excluding hydrogens is 296 g/mol. The summed E-state index contributed by atoms with van der Waals surface area (Å²) in [5, 5.41) is 0. The van der Waals surface area contributed by atoms with E-state index < -0.39 is 10.0 Å². The first kappa shape index (κ1) is 17.0. The fourth-order valence-electron chi connectivity index (χ4n) is 1.76. The van der Waals surface area contributed by atoms with E-state index in [-0.39, 0.29) is 9.88 Å². The van der Waals surface area contributed by atoms with Crippen LogP contribution in [0.2, 0.25) is 0 Å². The van der Waals surface area contributed by atoms with Crippen LogP contribution in [-0.2, 0) is 14.8 Å². The van der Waals surface area contributed by atoms with Gasteiger partial charge in [0, 0.05) is 25.8 Å². The molecule has 0 spiro atoms. The number of ether oxygens (including phenoxy) is 1. The number of nitrogens with two attached hydrogens (primary N) is 1. The second-order valence-corrected chi connectivity index (χ2v) is 6.62. The molecule has 0 unspecified atom stereocenters. The van der Waals surface area contributed by atoms with E-state index in [1.54, 1.807) is 26.2 Å². The third kappa shape index (κ3) is 4.82. The molecule has 5 nitrogen and oxygen atoms in total. The SMILES string of the molecule is COCCCCNS(=O)(=O)c1ccc(C(N)=S)cc1C. The molecule has 0 heterocycles. The second kappa shape index (κ2) is 7.68. The number of nitrogens with one attached hydrogen (secondary N) is 1. The molecule has 0 aliphatic rings. The van der Waals surface area contributed by atoms with Crippen LogP contribution in [0.3, 0.4) is 0 Å². The van der Waals surface area contributed by atoms with Crippen LogP contribution in [0.15, 0.2) is 23.1 Å². The van der Waals surface area contributed by atoms with Crippen molar-refractivity contribution in [2.45, 2.75) is 24.7 Å². The lowest BCUT2D eigenvalue weighted by Gasteiger charge is -2.10. The van der Waals surface area contributed by atoms with Crippen molar-refractivity contribution in [1.82, 2.24) is 4.72 Å². The molecule has 3 N–H and O–H groups in total. The summed E-state index contributed by atoms with van der Waals surface area (Å²) in [6.45, 7) is 2.74. The predicted octanol–water partition coefficient (Wildman–Crippen LogP) is 1.33. The topological polar surface area (TPSA) is 81.4 Å². The number of methoxy groups -OCH3 is 1. The van der Waals surface area contributed by atoms with E-state index in [0.29, 0.717) is 24.3 Å². The Bertz CT molecular complexity index is 571. The fraction of sp³-hybridized carbons (Fsp3) is 0.462. The average Bonchev–Trinajstić information content (AvgIpc) is 2.37. The van der Waals surface area contributed by atoms with Crippen molar-refractivity contribution in [3.8, 4) is 0 Å². The molecule has 20 heavy (non-hydrogen) atoms. The summed E-state index contributed by atoms with van der Waals surface area (Å²) in [6.07, 6.45) is 1.55. The Hall–Kier alpha value is -1.02. The number of hydrogen-bond donors (Lipinski definition) is 2. The van der Waals surface area contributed by atoms with Gasteiger partial charge in [-0.1, -0.05) is 18.3 Å². The number of thiocarbonyl (C=S) groups is 1. The fourth-order valence-corrected chi connectivity index (χ4v) is 3.19. The lowest BCUT2D eigenvalue weighted by molar-refractivity contribution is 0.193. The lowest BCUT2D eigenvalue weighted by Crippen LogP contribution is -2.26. The molecule has 112 valence electrons. The second-order valence-electron chi connectivity index (χ2n) is 4.44. The van der Waals surface area contributed by atoms with Crippen LogP contribution in [0.25, 0.3) is 0 Å². The van der Waals surface area contributed by atoms with Gasteiger partial charge in [-0.25, -0.2) is 13.1 Å². The number of benzene rings is 1. The largest absolute Gasteiger partial charge is 0.389 e. The lowest BCUT2D eigenvalue weighted by atomic mass is 10.1. The zero-order valence-corrected chi connectivity index (χ0v) is 13.3. The first-order chi connectivity index (χ1) is 9.38. The third-order valence-electron chi connectivity index (χ3n) is 2.82. The maximum atomic E-state index is 12.2. The maximum absolute atomic E-state index is 12.2. The Labute approximate surface area is 125 Å². The number of rotatable bonds is 8. The molecule has 0 aliphatic carbocycles. The van der Waals surface area contributed by atoms with Crippen LogP contribution in [-0.4, -0.2) is 33.7 Å². The quantitative estimate of drug-likeness (QED) is 0.559. The standard InChI is InChI=1S/C13H20N2O3S2/c1-10-9-11(13(14)19)5-6-12(10)20(16,17)15-7-3-4-8-18-2/h5-6,9,15H,3-4,7-8H2,1-2H3,(H2,14,19). The van der Waals surface area contributed by atoms with E-state index >= 15 is 0 Å². The highest BCUT2D eigenvalue weighted by atomic mass is 32.2. The van der Waals surface area contributed by atoms with Crippen LogP contribution < -0.4 is 10.5 Å². The normalized spacial score (nSPS) is 11.5. The van der Waals surface area contributed by atoms with Crippen molar-refractivity contribution >= 4 is 27.2 Å². The Morgan fingerprint density at radius 3 is 2.65 bits per heavy atom. The van der Waals surface area contributed by atoms with Gasteiger partial charge in [-0.05, 0) is 37.5 Å². The Morgan fingerprint density at radius 2 is 2.10 bits per heavy atom. The van der Waals surface area contributed by atoms with E-state index in [9.17, 15) is 8.42 Å². The molecule has 1 rings (SSSR count). The zero-order chi connectivity index (χ0) is 15.2. The van der Waals surface area contributed by atoms with Gasteiger partial charge in [0.1, 0.15) is 4.99 Å². The highest BCUT2D eigenvalue weighted by Crippen LogP contribution is 2.16. The number of unbranched alkanes of at least 4 members (excludes halogenated alkanes) is 1. The minimum absolute atomic E-state index is 0.254. The van der Waals surface area contributed by atoms with Crippen molar-refractivity contribution < 1.29 is 13.2 Å². The average molecular weight is 316 g/mol. The van der Waals surface area contributed by atoms with Crippen molar-refractivity contribution in [3.05, 3.63) is 29.3 Å². The summed E-state index contributed by atoms with van der Waals surface area (Å²) in [4.78, 5) is 0.508. The third-order valence-corrected chi connectivity index (χ3v) is 4.67. The van der Waals surface area contributed by atoms with Crippen molar-refractivity contribution in [2.24, 2.45) is 5.73 Å². The molecule has 1 aromatic rings.